The highest BCUT2D eigenvalue weighted by Crippen LogP contribution is 2.23. The Balaban J connectivity index is 1.76. The lowest BCUT2D eigenvalue weighted by atomic mass is 10.1. The number of aromatic amines is 1. The van der Waals surface area contributed by atoms with Gasteiger partial charge in [0, 0.05) is 11.4 Å². The third-order valence-electron chi connectivity index (χ3n) is 4.81. The van der Waals surface area contributed by atoms with E-state index in [2.05, 4.69) is 4.98 Å². The van der Waals surface area contributed by atoms with Gasteiger partial charge in [0.2, 0.25) is 0 Å². The van der Waals surface area contributed by atoms with Crippen LogP contribution in [0.5, 0.6) is 5.75 Å². The van der Waals surface area contributed by atoms with Gasteiger partial charge in [-0.15, -0.1) is 11.3 Å². The van der Waals surface area contributed by atoms with Crippen molar-refractivity contribution < 1.29 is 19.0 Å². The highest BCUT2D eigenvalue weighted by molar-refractivity contribution is 7.13. The summed E-state index contributed by atoms with van der Waals surface area (Å²) in [6, 6.07) is 11.6. The minimum atomic E-state index is -1.30. The fraction of sp³-hybridized carbons (Fsp3) is 0.136. The molecule has 0 aliphatic carbocycles. The second kappa shape index (κ2) is 8.19. The first-order chi connectivity index (χ1) is 14.9. The summed E-state index contributed by atoms with van der Waals surface area (Å²) < 4.78 is 20.9. The Morgan fingerprint density at radius 3 is 2.71 bits per heavy atom. The predicted molar refractivity (Wildman–Crippen MR) is 115 cm³/mol. The second-order valence-electron chi connectivity index (χ2n) is 6.80. The van der Waals surface area contributed by atoms with E-state index in [1.165, 1.54) is 17.5 Å². The molecule has 0 bridgehead atoms. The maximum absolute atomic E-state index is 14.6. The van der Waals surface area contributed by atoms with Crippen LogP contribution in [-0.2, 0) is 13.0 Å². The normalized spacial score (nSPS) is 11.0. The molecule has 9 heteroatoms. The summed E-state index contributed by atoms with van der Waals surface area (Å²) in [5.41, 5.74) is 0.0547. The van der Waals surface area contributed by atoms with Crippen molar-refractivity contribution >= 4 is 28.2 Å². The third-order valence-corrected chi connectivity index (χ3v) is 5.78. The number of hydrogen-bond acceptors (Lipinski definition) is 5. The van der Waals surface area contributed by atoms with E-state index < -0.39 is 23.0 Å². The fourth-order valence-corrected chi connectivity index (χ4v) is 4.10. The third kappa shape index (κ3) is 3.87. The summed E-state index contributed by atoms with van der Waals surface area (Å²) in [5.74, 6) is -1.87. The van der Waals surface area contributed by atoms with Gasteiger partial charge in [0.05, 0.1) is 16.6 Å². The largest absolute Gasteiger partial charge is 0.489 e. The molecule has 4 rings (SSSR count). The molecule has 2 heterocycles. The number of aromatic nitrogens is 2. The first-order valence-corrected chi connectivity index (χ1v) is 10.3. The number of carboxylic acids is 1. The van der Waals surface area contributed by atoms with Crippen LogP contribution in [0.3, 0.4) is 0 Å². The Hall–Kier alpha value is -3.72. The minimum absolute atomic E-state index is 0.0947. The Labute approximate surface area is 179 Å². The van der Waals surface area contributed by atoms with Crippen molar-refractivity contribution in [3.63, 3.8) is 0 Å². The average Bonchev–Trinajstić information content (AvgIpc) is 3.18. The molecule has 158 valence electrons. The molecule has 2 aromatic carbocycles. The zero-order chi connectivity index (χ0) is 22.1. The number of thiophene rings is 1. The molecule has 31 heavy (non-hydrogen) atoms. The molecule has 0 aliphatic heterocycles. The van der Waals surface area contributed by atoms with Gasteiger partial charge in [-0.05, 0) is 29.7 Å². The van der Waals surface area contributed by atoms with Gasteiger partial charge in [-0.1, -0.05) is 31.2 Å². The Bertz CT molecular complexity index is 1420. The number of rotatable bonds is 6. The van der Waals surface area contributed by atoms with Gasteiger partial charge in [0.15, 0.2) is 0 Å². The number of carbonyl (C=O) groups is 1. The van der Waals surface area contributed by atoms with Crippen LogP contribution in [0.2, 0.25) is 0 Å². The first kappa shape index (κ1) is 20.5. The van der Waals surface area contributed by atoms with Crippen LogP contribution in [0, 0.1) is 5.82 Å². The summed E-state index contributed by atoms with van der Waals surface area (Å²) in [7, 11) is 0. The molecule has 2 N–H and O–H groups in total. The Morgan fingerprint density at radius 2 is 1.97 bits per heavy atom. The highest BCUT2D eigenvalue weighted by Gasteiger charge is 2.20. The molecular weight excluding hydrogens is 423 g/mol. The van der Waals surface area contributed by atoms with E-state index in [-0.39, 0.29) is 33.8 Å². The van der Waals surface area contributed by atoms with E-state index in [9.17, 15) is 23.9 Å². The number of carboxylic acid groups (broad SMARTS) is 1. The van der Waals surface area contributed by atoms with E-state index in [1.807, 2.05) is 31.2 Å². The quantitative estimate of drug-likeness (QED) is 0.476. The number of nitrogens with one attached hydrogen (secondary N) is 1. The van der Waals surface area contributed by atoms with E-state index in [0.29, 0.717) is 4.57 Å². The number of H-pyrrole nitrogens is 1. The van der Waals surface area contributed by atoms with Crippen LogP contribution in [0.25, 0.3) is 16.6 Å². The molecule has 0 spiro atoms. The number of aromatic carboxylic acids is 1. The number of fused-ring (bicyclic) bond motifs is 1. The molecular formula is C22H17FN2O5S. The predicted octanol–water partition coefficient (Wildman–Crippen LogP) is 3.72. The number of benzene rings is 2. The van der Waals surface area contributed by atoms with Crippen molar-refractivity contribution in [2.24, 2.45) is 0 Å². The fourth-order valence-electron chi connectivity index (χ4n) is 3.27. The molecule has 0 atom stereocenters. The maximum Gasteiger partial charge on any atom is 0.346 e. The van der Waals surface area contributed by atoms with Crippen molar-refractivity contribution in [3.8, 4) is 11.4 Å². The molecule has 0 amide bonds. The minimum Gasteiger partial charge on any atom is -0.489 e. The van der Waals surface area contributed by atoms with Crippen LogP contribution >= 0.6 is 11.3 Å². The number of ether oxygens (including phenoxy) is 1. The number of hydrogen-bond donors (Lipinski definition) is 2. The summed E-state index contributed by atoms with van der Waals surface area (Å²) in [6.45, 7) is 2.26. The maximum atomic E-state index is 14.6. The van der Waals surface area contributed by atoms with Gasteiger partial charge in [-0.25, -0.2) is 18.5 Å². The topological polar surface area (TPSA) is 101 Å². The molecule has 0 saturated carbocycles. The van der Waals surface area contributed by atoms with Crippen LogP contribution < -0.4 is 16.0 Å². The molecule has 0 radical (unpaired) electrons. The Morgan fingerprint density at radius 1 is 1.19 bits per heavy atom. The number of nitrogens with zero attached hydrogens (tertiary/aromatic N) is 1. The molecule has 0 fully saturated rings. The zero-order valence-electron chi connectivity index (χ0n) is 16.3. The Kier molecular flexibility index (Phi) is 5.43. The van der Waals surface area contributed by atoms with Gasteiger partial charge in [0.25, 0.3) is 5.56 Å². The number of aryl methyl sites for hydroxylation is 1. The molecule has 0 unspecified atom stereocenters. The van der Waals surface area contributed by atoms with E-state index in [4.69, 9.17) is 4.74 Å². The summed E-state index contributed by atoms with van der Waals surface area (Å²) >= 11 is 0.812. The summed E-state index contributed by atoms with van der Waals surface area (Å²) in [4.78, 5) is 39.1. The highest BCUT2D eigenvalue weighted by atomic mass is 32.1. The van der Waals surface area contributed by atoms with Gasteiger partial charge >= 0.3 is 11.7 Å². The van der Waals surface area contributed by atoms with Crippen molar-refractivity contribution in [1.29, 1.82) is 0 Å². The molecule has 0 saturated heterocycles. The average molecular weight is 440 g/mol. The van der Waals surface area contributed by atoms with E-state index in [0.717, 1.165) is 35.0 Å². The molecule has 7 nitrogen and oxygen atoms in total. The summed E-state index contributed by atoms with van der Waals surface area (Å²) in [6.07, 6.45) is 0.879. The zero-order valence-corrected chi connectivity index (χ0v) is 17.2. The van der Waals surface area contributed by atoms with Gasteiger partial charge in [0.1, 0.15) is 23.1 Å². The molecule has 4 aromatic rings. The monoisotopic (exact) mass is 440 g/mol. The van der Waals surface area contributed by atoms with E-state index >= 15 is 0 Å². The lowest BCUT2D eigenvalue weighted by molar-refractivity contribution is 0.0704. The summed E-state index contributed by atoms with van der Waals surface area (Å²) in [5, 5.41) is 10.5. The number of halogens is 1. The van der Waals surface area contributed by atoms with Gasteiger partial charge in [-0.2, -0.15) is 0 Å². The van der Waals surface area contributed by atoms with Crippen LogP contribution in [-0.4, -0.2) is 20.6 Å². The van der Waals surface area contributed by atoms with Gasteiger partial charge < -0.3 is 14.8 Å². The SMILES string of the molecule is CCc1cccc(COc2ccc(F)c(-n3c(=O)[nH]c4csc(C(=O)O)c4c3=O)c2)c1. The van der Waals surface area contributed by atoms with E-state index in [1.54, 1.807) is 0 Å². The van der Waals surface area contributed by atoms with Crippen molar-refractivity contribution in [2.45, 2.75) is 20.0 Å². The van der Waals surface area contributed by atoms with Crippen molar-refractivity contribution in [3.05, 3.63) is 90.5 Å². The first-order valence-electron chi connectivity index (χ1n) is 9.39. The lowest BCUT2D eigenvalue weighted by Gasteiger charge is -2.11. The lowest BCUT2D eigenvalue weighted by Crippen LogP contribution is -2.34. The van der Waals surface area contributed by atoms with Crippen molar-refractivity contribution in [2.75, 3.05) is 0 Å². The van der Waals surface area contributed by atoms with Crippen molar-refractivity contribution in [1.82, 2.24) is 9.55 Å². The van der Waals surface area contributed by atoms with Gasteiger partial charge in [-0.3, -0.25) is 4.79 Å². The van der Waals surface area contributed by atoms with Crippen LogP contribution in [0.4, 0.5) is 4.39 Å². The van der Waals surface area contributed by atoms with Crippen LogP contribution in [0.1, 0.15) is 27.7 Å². The molecule has 2 aromatic heterocycles. The smallest absolute Gasteiger partial charge is 0.346 e. The standard InChI is InChI=1S/C22H17FN2O5S/c1-2-12-4-3-5-13(8-12)10-30-14-6-7-15(23)17(9-14)25-20(26)18-16(24-22(25)29)11-31-19(18)21(27)28/h3-9,11H,2,10H2,1H3,(H,24,29)(H,27,28). The molecule has 0 aliphatic rings. The van der Waals surface area contributed by atoms with Crippen LogP contribution in [0.15, 0.2) is 57.4 Å². The second-order valence-corrected chi connectivity index (χ2v) is 7.68.